The van der Waals surface area contributed by atoms with Gasteiger partial charge in [0.15, 0.2) is 5.78 Å². The maximum Gasteiger partial charge on any atom is 0.325 e. The van der Waals surface area contributed by atoms with Crippen molar-refractivity contribution >= 4 is 53.2 Å². The van der Waals surface area contributed by atoms with Gasteiger partial charge in [0.2, 0.25) is 35.4 Å². The molecule has 4 aliphatic heterocycles. The van der Waals surface area contributed by atoms with Gasteiger partial charge in [-0.1, -0.05) is 75.7 Å². The summed E-state index contributed by atoms with van der Waals surface area (Å²) in [6.07, 6.45) is 2.50. The molecule has 0 aromatic rings. The van der Waals surface area contributed by atoms with Crippen molar-refractivity contribution in [3.8, 4) is 0 Å². The number of Topliss-reactive ketones (excluding diaryl/α,β-unsaturated/α-hetero) is 1. The van der Waals surface area contributed by atoms with Gasteiger partial charge < -0.3 is 50.5 Å². The third-order valence-corrected chi connectivity index (χ3v) is 14.7. The maximum absolute atomic E-state index is 14.9. The summed E-state index contributed by atoms with van der Waals surface area (Å²) in [5, 5.41) is 11.8. The number of carbonyl (C=O) groups excluding carboxylic acids is 9. The maximum atomic E-state index is 14.9. The van der Waals surface area contributed by atoms with Crippen molar-refractivity contribution in [1.29, 1.82) is 0 Å². The molecule has 0 saturated carbocycles. The average Bonchev–Trinajstić information content (AvgIpc) is 4.07. The molecule has 4 aliphatic rings. The Bertz CT molecular complexity index is 1890. The molecule has 8 amide bonds. The molecule has 4 rings (SSSR count). The summed E-state index contributed by atoms with van der Waals surface area (Å²) in [6, 6.07) is -8.79. The number of ether oxygens (including phenoxy) is 1. The van der Waals surface area contributed by atoms with E-state index < -0.39 is 120 Å². The van der Waals surface area contributed by atoms with Crippen LogP contribution in [0.15, 0.2) is 0 Å². The molecule has 19 heteroatoms. The van der Waals surface area contributed by atoms with E-state index in [1.807, 2.05) is 69.2 Å². The molecule has 0 aliphatic carbocycles. The highest BCUT2D eigenvalue weighted by Gasteiger charge is 2.47. The standard InChI is InChI=1S/C51H87N9O10/c1-15-34-24-37(52-25-34)48(66)58(14)43-33(11)70-41(61)26-53-45(63)40(22-30(6)7)56(12)49(67)38-17-16-20-59(38)50(68)42(31(8)9)57(13)47(65)35(19-18-28(2)3)55-51(69)60-27-32(10)23-39(60)44(62)36(21-29(4)5)54-46(43)64/h28-40,42-43,52H,15-27H2,1-14H3,(H,53,63)(H,54,64)(H,55,69). The van der Waals surface area contributed by atoms with Gasteiger partial charge in [-0.3, -0.25) is 38.4 Å². The Balaban J connectivity index is 1.83. The summed E-state index contributed by atoms with van der Waals surface area (Å²) in [6.45, 7) is 21.1. The van der Waals surface area contributed by atoms with Crippen LogP contribution in [0.1, 0.15) is 134 Å². The molecule has 396 valence electrons. The number of nitrogens with zero attached hydrogens (tertiary/aromatic N) is 5. The molecule has 0 aromatic heterocycles. The van der Waals surface area contributed by atoms with Gasteiger partial charge in [0.1, 0.15) is 42.9 Å². The lowest BCUT2D eigenvalue weighted by Gasteiger charge is -2.38. The largest absolute Gasteiger partial charge is 0.459 e. The molecule has 0 radical (unpaired) electrons. The van der Waals surface area contributed by atoms with Gasteiger partial charge in [-0.25, -0.2) is 4.79 Å². The smallest absolute Gasteiger partial charge is 0.325 e. The van der Waals surface area contributed by atoms with Crippen LogP contribution in [0.5, 0.6) is 0 Å². The second kappa shape index (κ2) is 25.5. The first kappa shape index (κ1) is 57.8. The first-order valence-electron chi connectivity index (χ1n) is 26.0. The van der Waals surface area contributed by atoms with Crippen molar-refractivity contribution in [2.45, 2.75) is 188 Å². The van der Waals surface area contributed by atoms with Crippen LogP contribution in [0.25, 0.3) is 0 Å². The number of rotatable bonds is 11. The Hall–Kier alpha value is -4.81. The summed E-state index contributed by atoms with van der Waals surface area (Å²) in [7, 11) is 4.50. The lowest BCUT2D eigenvalue weighted by Crippen LogP contribution is -2.61. The second-order valence-corrected chi connectivity index (χ2v) is 22.3. The number of carbonyl (C=O) groups is 9. The Labute approximate surface area is 417 Å². The van der Waals surface area contributed by atoms with Gasteiger partial charge in [0.05, 0.1) is 18.1 Å². The Morgan fingerprint density at radius 1 is 0.771 bits per heavy atom. The van der Waals surface area contributed by atoms with Gasteiger partial charge in [-0.05, 0) is 100 Å². The highest BCUT2D eigenvalue weighted by molar-refractivity contribution is 5.99. The molecular formula is C51H87N9O10. The van der Waals surface area contributed by atoms with Crippen LogP contribution >= 0.6 is 0 Å². The highest BCUT2D eigenvalue weighted by atomic mass is 16.5. The van der Waals surface area contributed by atoms with Crippen LogP contribution in [0, 0.1) is 35.5 Å². The van der Waals surface area contributed by atoms with Crippen molar-refractivity contribution in [2.75, 3.05) is 47.3 Å². The number of fused-ring (bicyclic) bond motifs is 2. The number of amides is 8. The van der Waals surface area contributed by atoms with E-state index in [4.69, 9.17) is 4.74 Å². The van der Waals surface area contributed by atoms with Gasteiger partial charge in [0.25, 0.3) is 0 Å². The fourth-order valence-electron chi connectivity index (χ4n) is 10.7. The first-order chi connectivity index (χ1) is 32.8. The highest BCUT2D eigenvalue weighted by Crippen LogP contribution is 2.29. The summed E-state index contributed by atoms with van der Waals surface area (Å²) in [5.41, 5.74) is 0. The summed E-state index contributed by atoms with van der Waals surface area (Å²) < 4.78 is 5.84. The van der Waals surface area contributed by atoms with Crippen LogP contribution in [0.2, 0.25) is 0 Å². The molecule has 70 heavy (non-hydrogen) atoms. The molecule has 4 saturated heterocycles. The second-order valence-electron chi connectivity index (χ2n) is 22.3. The van der Waals surface area contributed by atoms with Crippen LogP contribution in [-0.2, 0) is 43.1 Å². The van der Waals surface area contributed by atoms with Crippen molar-refractivity contribution in [2.24, 2.45) is 35.5 Å². The molecule has 4 N–H and O–H groups in total. The number of likely N-dealkylation sites (N-methyl/N-ethyl adjacent to an activating group) is 3. The average molecular weight is 986 g/mol. The lowest BCUT2D eigenvalue weighted by atomic mass is 9.93. The van der Waals surface area contributed by atoms with Crippen molar-refractivity contribution in [3.05, 3.63) is 0 Å². The van der Waals surface area contributed by atoms with Crippen molar-refractivity contribution in [1.82, 2.24) is 45.8 Å². The van der Waals surface area contributed by atoms with Crippen molar-refractivity contribution < 1.29 is 47.9 Å². The number of cyclic esters (lactones) is 1. The fraction of sp³-hybridized carbons (Fsp3) is 0.824. The van der Waals surface area contributed by atoms with Crippen LogP contribution in [0.4, 0.5) is 4.79 Å². The van der Waals surface area contributed by atoms with Crippen molar-refractivity contribution in [3.63, 3.8) is 0 Å². The molecule has 11 unspecified atom stereocenters. The minimum Gasteiger partial charge on any atom is -0.459 e. The molecular weight excluding hydrogens is 899 g/mol. The SMILES string of the molecule is CCC1CNC(C(=O)N(C)C2C(=O)NC(CC(C)C)C(=O)C3CC(C)CN3C(=O)NC(CCC(C)C)C(=O)N(C)C(C(C)C)C(=O)N3CCCC3C(=O)N(C)C(CC(C)C)C(=O)NCC(=O)OC2C)C1. The van der Waals surface area contributed by atoms with E-state index in [1.54, 1.807) is 0 Å². The zero-order chi connectivity index (χ0) is 52.5. The minimum absolute atomic E-state index is 0.0649. The van der Waals surface area contributed by atoms with Gasteiger partial charge in [-0.2, -0.15) is 0 Å². The summed E-state index contributed by atoms with van der Waals surface area (Å²) >= 11 is 0. The number of esters is 1. The molecule has 4 fully saturated rings. The van der Waals surface area contributed by atoms with E-state index in [0.717, 1.165) is 6.42 Å². The Kier molecular flexibility index (Phi) is 21.1. The quantitative estimate of drug-likeness (QED) is 0.220. The normalized spacial score (nSPS) is 30.9. The Morgan fingerprint density at radius 3 is 2.01 bits per heavy atom. The zero-order valence-corrected chi connectivity index (χ0v) is 44.7. The van der Waals surface area contributed by atoms with Crippen LogP contribution in [-0.4, -0.2) is 179 Å². The van der Waals surface area contributed by atoms with E-state index in [-0.39, 0.29) is 61.9 Å². The summed E-state index contributed by atoms with van der Waals surface area (Å²) in [4.78, 5) is 137. The van der Waals surface area contributed by atoms with E-state index >= 15 is 0 Å². The predicted molar refractivity (Wildman–Crippen MR) is 265 cm³/mol. The molecule has 4 heterocycles. The summed E-state index contributed by atoms with van der Waals surface area (Å²) in [5.74, 6) is -4.74. The van der Waals surface area contributed by atoms with Crippen LogP contribution in [0.3, 0.4) is 0 Å². The van der Waals surface area contributed by atoms with E-state index in [2.05, 4.69) is 21.3 Å². The van der Waals surface area contributed by atoms with E-state index in [9.17, 15) is 43.2 Å². The minimum atomic E-state index is -1.41. The number of hydrogen-bond acceptors (Lipinski definition) is 11. The fourth-order valence-corrected chi connectivity index (χ4v) is 10.7. The number of hydrogen-bond donors (Lipinski definition) is 4. The van der Waals surface area contributed by atoms with Gasteiger partial charge in [-0.15, -0.1) is 0 Å². The molecule has 0 aromatic carbocycles. The third kappa shape index (κ3) is 14.4. The monoisotopic (exact) mass is 986 g/mol. The zero-order valence-electron chi connectivity index (χ0n) is 44.7. The predicted octanol–water partition coefficient (Wildman–Crippen LogP) is 2.93. The lowest BCUT2D eigenvalue weighted by molar-refractivity contribution is -0.158. The van der Waals surface area contributed by atoms with E-state index in [1.165, 1.54) is 52.6 Å². The topological polar surface area (TPSA) is 227 Å². The third-order valence-electron chi connectivity index (χ3n) is 14.7. The molecule has 19 nitrogen and oxygen atoms in total. The van der Waals surface area contributed by atoms with Gasteiger partial charge >= 0.3 is 12.0 Å². The molecule has 11 atom stereocenters. The van der Waals surface area contributed by atoms with E-state index in [0.29, 0.717) is 38.6 Å². The first-order valence-corrected chi connectivity index (χ1v) is 26.0. The number of nitrogens with one attached hydrogen (secondary N) is 4. The van der Waals surface area contributed by atoms with Gasteiger partial charge in [0, 0.05) is 34.2 Å². The molecule has 0 spiro atoms. The number of ketones is 1. The Morgan fingerprint density at radius 2 is 1.43 bits per heavy atom. The number of urea groups is 1. The van der Waals surface area contributed by atoms with Crippen LogP contribution < -0.4 is 21.3 Å². The molecule has 0 bridgehead atoms.